The van der Waals surface area contributed by atoms with Crippen molar-refractivity contribution in [3.8, 4) is 17.3 Å². The van der Waals surface area contributed by atoms with E-state index in [4.69, 9.17) is 4.74 Å². The minimum atomic E-state index is -0.775. The first-order valence-corrected chi connectivity index (χ1v) is 9.95. The number of aliphatic hydroxyl groups excluding tert-OH is 1. The van der Waals surface area contributed by atoms with E-state index in [1.807, 2.05) is 0 Å². The molecule has 2 atom stereocenters. The average molecular weight is 415 g/mol. The number of rotatable bonds is 5. The third-order valence-corrected chi connectivity index (χ3v) is 5.56. The number of benzene rings is 1. The Morgan fingerprint density at radius 3 is 2.63 bits per heavy atom. The van der Waals surface area contributed by atoms with E-state index < -0.39 is 23.2 Å². The van der Waals surface area contributed by atoms with E-state index >= 15 is 0 Å². The number of methoxy groups -OCH3 is 1. The van der Waals surface area contributed by atoms with Gasteiger partial charge in [0.15, 0.2) is 0 Å². The number of para-hydroxylation sites is 2. The van der Waals surface area contributed by atoms with Crippen molar-refractivity contribution in [2.24, 2.45) is 15.8 Å². The van der Waals surface area contributed by atoms with Crippen LogP contribution in [0.2, 0.25) is 0 Å². The minimum Gasteiger partial charge on any atom is -0.495 e. The molecule has 1 aromatic carbocycles. The molecule has 1 aliphatic rings. The molecule has 1 aromatic heterocycles. The van der Waals surface area contributed by atoms with Gasteiger partial charge in [-0.25, -0.2) is 9.36 Å². The van der Waals surface area contributed by atoms with Gasteiger partial charge in [-0.2, -0.15) is 0 Å². The van der Waals surface area contributed by atoms with Gasteiger partial charge in [0.2, 0.25) is 5.88 Å². The summed E-state index contributed by atoms with van der Waals surface area (Å²) in [5.41, 5.74) is -1.53. The Kier molecular flexibility index (Phi) is 5.90. The summed E-state index contributed by atoms with van der Waals surface area (Å²) in [6.45, 7) is 6.70. The Balaban J connectivity index is 1.96. The van der Waals surface area contributed by atoms with Crippen LogP contribution in [0.5, 0.6) is 11.6 Å². The van der Waals surface area contributed by atoms with Gasteiger partial charge in [0.05, 0.1) is 18.9 Å². The number of hydrogen-bond acceptors (Lipinski definition) is 6. The molecule has 2 aromatic rings. The first-order chi connectivity index (χ1) is 14.1. The largest absolute Gasteiger partial charge is 0.495 e. The monoisotopic (exact) mass is 415 g/mol. The van der Waals surface area contributed by atoms with Gasteiger partial charge >= 0.3 is 5.69 Å². The Morgan fingerprint density at radius 1 is 1.27 bits per heavy atom. The molecule has 1 heterocycles. The van der Waals surface area contributed by atoms with Gasteiger partial charge in [-0.15, -0.1) is 0 Å². The highest BCUT2D eigenvalue weighted by molar-refractivity contribution is 5.82. The zero-order valence-electron chi connectivity index (χ0n) is 17.8. The van der Waals surface area contributed by atoms with Gasteiger partial charge in [-0.1, -0.05) is 32.9 Å². The molecule has 0 amide bonds. The van der Waals surface area contributed by atoms with E-state index in [2.05, 4.69) is 30.7 Å². The first-order valence-electron chi connectivity index (χ1n) is 9.95. The molecule has 8 heteroatoms. The predicted molar refractivity (Wildman–Crippen MR) is 115 cm³/mol. The molecule has 1 fully saturated rings. The lowest BCUT2D eigenvalue weighted by Crippen LogP contribution is -2.40. The standard InChI is InChI=1S/C22H29N3O5/c1-21(2)9-14(26)10-22(3,12-21)13-23-11-15-18(27)24-20(29)25(19(15)28)16-7-5-6-8-17(16)30-4/h5-8,11,14,26,28H,9-10,12-13H2,1-4H3,(H,24,27,29)/t14-,22-/m0/s1. The number of ether oxygens (including phenoxy) is 1. The molecule has 0 aliphatic heterocycles. The molecule has 3 N–H and O–H groups in total. The maximum absolute atomic E-state index is 12.4. The van der Waals surface area contributed by atoms with E-state index in [-0.39, 0.29) is 16.4 Å². The smallest absolute Gasteiger partial charge is 0.335 e. The normalized spacial score (nSPS) is 23.6. The van der Waals surface area contributed by atoms with Crippen LogP contribution < -0.4 is 16.0 Å². The highest BCUT2D eigenvalue weighted by Gasteiger charge is 2.40. The number of H-pyrrole nitrogens is 1. The Morgan fingerprint density at radius 2 is 1.97 bits per heavy atom. The fourth-order valence-electron chi connectivity index (χ4n) is 4.75. The van der Waals surface area contributed by atoms with Crippen molar-refractivity contribution in [3.05, 3.63) is 50.7 Å². The van der Waals surface area contributed by atoms with Gasteiger partial charge in [-0.05, 0) is 42.2 Å². The summed E-state index contributed by atoms with van der Waals surface area (Å²) < 4.78 is 6.25. The van der Waals surface area contributed by atoms with E-state index in [0.717, 1.165) is 17.4 Å². The van der Waals surface area contributed by atoms with Gasteiger partial charge in [-0.3, -0.25) is 14.8 Å². The van der Waals surface area contributed by atoms with Gasteiger partial charge < -0.3 is 14.9 Å². The molecule has 0 saturated heterocycles. The van der Waals surface area contributed by atoms with Crippen molar-refractivity contribution in [1.82, 2.24) is 9.55 Å². The third kappa shape index (κ3) is 4.48. The van der Waals surface area contributed by atoms with E-state index in [1.165, 1.54) is 13.3 Å². The fourth-order valence-corrected chi connectivity index (χ4v) is 4.75. The van der Waals surface area contributed by atoms with Crippen LogP contribution in [0.3, 0.4) is 0 Å². The van der Waals surface area contributed by atoms with Crippen molar-refractivity contribution in [2.45, 2.75) is 46.1 Å². The zero-order valence-corrected chi connectivity index (χ0v) is 17.8. The maximum atomic E-state index is 12.4. The fraction of sp³-hybridized carbons (Fsp3) is 0.500. The lowest BCUT2D eigenvalue weighted by Gasteiger charge is -2.44. The summed E-state index contributed by atoms with van der Waals surface area (Å²) in [5.74, 6) is -0.137. The number of aromatic amines is 1. The van der Waals surface area contributed by atoms with Crippen molar-refractivity contribution in [3.63, 3.8) is 0 Å². The molecule has 30 heavy (non-hydrogen) atoms. The molecule has 3 rings (SSSR count). The topological polar surface area (TPSA) is 117 Å². The number of nitrogens with zero attached hydrogens (tertiary/aromatic N) is 2. The van der Waals surface area contributed by atoms with Gasteiger partial charge in [0, 0.05) is 12.8 Å². The lowest BCUT2D eigenvalue weighted by atomic mass is 9.63. The van der Waals surface area contributed by atoms with Gasteiger partial charge in [0.25, 0.3) is 5.56 Å². The van der Waals surface area contributed by atoms with E-state index in [0.29, 0.717) is 24.4 Å². The van der Waals surface area contributed by atoms with Crippen LogP contribution in [0.15, 0.2) is 38.8 Å². The van der Waals surface area contributed by atoms with Crippen molar-refractivity contribution in [1.29, 1.82) is 0 Å². The molecule has 0 spiro atoms. The van der Waals surface area contributed by atoms with E-state index in [1.54, 1.807) is 24.3 Å². The van der Waals surface area contributed by atoms with Crippen molar-refractivity contribution >= 4 is 6.21 Å². The molecule has 162 valence electrons. The Labute approximate surface area is 174 Å². The lowest BCUT2D eigenvalue weighted by molar-refractivity contribution is -0.00472. The number of nitrogens with one attached hydrogen (secondary N) is 1. The summed E-state index contributed by atoms with van der Waals surface area (Å²) in [6.07, 6.45) is 3.15. The summed E-state index contributed by atoms with van der Waals surface area (Å²) in [4.78, 5) is 31.3. The first kappa shape index (κ1) is 21.8. The molecular formula is C22H29N3O5. The molecule has 1 saturated carbocycles. The number of aromatic nitrogens is 2. The second-order valence-electron chi connectivity index (χ2n) is 9.19. The van der Waals surface area contributed by atoms with E-state index in [9.17, 15) is 19.8 Å². The number of hydrogen-bond donors (Lipinski definition) is 3. The molecule has 0 radical (unpaired) electrons. The van der Waals surface area contributed by atoms with Crippen LogP contribution in [0, 0.1) is 10.8 Å². The number of aliphatic hydroxyl groups is 1. The highest BCUT2D eigenvalue weighted by atomic mass is 16.5. The second kappa shape index (κ2) is 8.10. The summed E-state index contributed by atoms with van der Waals surface area (Å²) in [6, 6.07) is 6.68. The zero-order chi connectivity index (χ0) is 22.1. The molecule has 8 nitrogen and oxygen atoms in total. The van der Waals surface area contributed by atoms with Crippen LogP contribution >= 0.6 is 0 Å². The third-order valence-electron chi connectivity index (χ3n) is 5.56. The Hall–Kier alpha value is -2.87. The quantitative estimate of drug-likeness (QED) is 0.648. The van der Waals surface area contributed by atoms with Gasteiger partial charge in [0.1, 0.15) is 11.3 Å². The predicted octanol–water partition coefficient (Wildman–Crippen LogP) is 2.24. The highest BCUT2D eigenvalue weighted by Crippen LogP contribution is 2.46. The minimum absolute atomic E-state index is 0.00135. The molecule has 1 aliphatic carbocycles. The molecule has 0 bridgehead atoms. The van der Waals surface area contributed by atoms with Crippen LogP contribution in [-0.2, 0) is 0 Å². The van der Waals surface area contributed by atoms with Crippen molar-refractivity contribution in [2.75, 3.05) is 13.7 Å². The van der Waals surface area contributed by atoms with Crippen LogP contribution in [0.4, 0.5) is 0 Å². The molecule has 0 unspecified atom stereocenters. The number of aromatic hydroxyl groups is 1. The van der Waals surface area contributed by atoms with Crippen LogP contribution in [0.25, 0.3) is 5.69 Å². The molecular weight excluding hydrogens is 386 g/mol. The summed E-state index contributed by atoms with van der Waals surface area (Å²) in [7, 11) is 1.45. The Bertz CT molecular complexity index is 1070. The van der Waals surface area contributed by atoms with Crippen LogP contribution in [-0.4, -0.2) is 45.7 Å². The summed E-state index contributed by atoms with van der Waals surface area (Å²) >= 11 is 0. The second-order valence-corrected chi connectivity index (χ2v) is 9.19. The average Bonchev–Trinajstić information content (AvgIpc) is 2.62. The SMILES string of the molecule is COc1ccccc1-n1c(O)c(C=NC[C@@]2(C)C[C@@H](O)CC(C)(C)C2)c(=O)[nH]c1=O. The number of aliphatic imine (C=N–C) groups is 1. The maximum Gasteiger partial charge on any atom is 0.335 e. The summed E-state index contributed by atoms with van der Waals surface area (Å²) in [5, 5.41) is 20.9. The van der Waals surface area contributed by atoms with Crippen LogP contribution in [0.1, 0.15) is 45.6 Å². The van der Waals surface area contributed by atoms with Crippen molar-refractivity contribution < 1.29 is 14.9 Å².